The third-order valence-electron chi connectivity index (χ3n) is 7.04. The smallest absolute Gasteiger partial charge is 0.253 e. The van der Waals surface area contributed by atoms with Gasteiger partial charge >= 0.3 is 0 Å². The van der Waals surface area contributed by atoms with Crippen LogP contribution in [-0.4, -0.2) is 50.6 Å². The number of likely N-dealkylation sites (tertiary alicyclic amines) is 1. The van der Waals surface area contributed by atoms with Crippen molar-refractivity contribution in [3.63, 3.8) is 0 Å². The van der Waals surface area contributed by atoms with E-state index in [1.54, 1.807) is 29.9 Å². The van der Waals surface area contributed by atoms with Crippen LogP contribution in [0.15, 0.2) is 24.5 Å². The van der Waals surface area contributed by atoms with Crippen molar-refractivity contribution < 1.29 is 9.59 Å². The number of fused-ring (bicyclic) bond motifs is 1. The van der Waals surface area contributed by atoms with E-state index in [1.807, 2.05) is 11.1 Å². The van der Waals surface area contributed by atoms with E-state index in [0.717, 1.165) is 44.5 Å². The van der Waals surface area contributed by atoms with E-state index in [1.165, 1.54) is 31.2 Å². The minimum atomic E-state index is -0.539. The second-order valence-corrected chi connectivity index (χ2v) is 9.18. The number of rotatable bonds is 4. The van der Waals surface area contributed by atoms with Crippen LogP contribution >= 0.6 is 0 Å². The van der Waals surface area contributed by atoms with E-state index < -0.39 is 6.04 Å². The number of hydrogen-bond donors (Lipinski definition) is 1. The molecule has 0 bridgehead atoms. The van der Waals surface area contributed by atoms with Gasteiger partial charge in [-0.1, -0.05) is 0 Å². The van der Waals surface area contributed by atoms with Gasteiger partial charge in [-0.05, 0) is 81.4 Å². The standard InChI is InChI=1S/C23H29N5O2/c1-16(22(30)27-12-10-23(8-9-23)11-13-27)25-21(29)17-6-7-20(24-14-17)28-15-18-4-2-3-5-19(18)26-28/h6-7,14-16H,2-5,8-13H2,1H3,(H,25,29)/t16-/m1/s1. The van der Waals surface area contributed by atoms with Crippen molar-refractivity contribution >= 4 is 11.8 Å². The van der Waals surface area contributed by atoms with Gasteiger partial charge in [-0.25, -0.2) is 9.67 Å². The Balaban J connectivity index is 1.19. The predicted octanol–water partition coefficient (Wildman–Crippen LogP) is 2.67. The summed E-state index contributed by atoms with van der Waals surface area (Å²) >= 11 is 0. The van der Waals surface area contributed by atoms with Crippen LogP contribution in [0.2, 0.25) is 0 Å². The molecule has 7 heteroatoms. The van der Waals surface area contributed by atoms with Gasteiger partial charge in [-0.2, -0.15) is 5.10 Å². The van der Waals surface area contributed by atoms with E-state index >= 15 is 0 Å². The van der Waals surface area contributed by atoms with Crippen LogP contribution in [0.1, 0.15) is 67.1 Å². The molecule has 2 amide bonds. The number of piperidine rings is 1. The zero-order valence-electron chi connectivity index (χ0n) is 17.6. The van der Waals surface area contributed by atoms with Crippen molar-refractivity contribution in [2.75, 3.05) is 13.1 Å². The van der Waals surface area contributed by atoms with Gasteiger partial charge in [0.25, 0.3) is 5.91 Å². The topological polar surface area (TPSA) is 80.1 Å². The molecule has 158 valence electrons. The van der Waals surface area contributed by atoms with Gasteiger partial charge in [-0.3, -0.25) is 9.59 Å². The SMILES string of the molecule is C[C@@H](NC(=O)c1ccc(-n2cc3c(n2)CCCC3)nc1)C(=O)N1CCC2(CC1)CC2. The highest BCUT2D eigenvalue weighted by Crippen LogP contribution is 2.53. The highest BCUT2D eigenvalue weighted by molar-refractivity contribution is 5.97. The number of hydrogen-bond acceptors (Lipinski definition) is 4. The summed E-state index contributed by atoms with van der Waals surface area (Å²) in [5, 5.41) is 7.47. The average Bonchev–Trinajstić information content (AvgIpc) is 3.38. The Morgan fingerprint density at radius 2 is 1.87 bits per heavy atom. The van der Waals surface area contributed by atoms with Crippen molar-refractivity contribution in [3.8, 4) is 5.82 Å². The molecule has 2 aliphatic carbocycles. The first-order valence-corrected chi connectivity index (χ1v) is 11.2. The lowest BCUT2D eigenvalue weighted by molar-refractivity contribution is -0.134. The van der Waals surface area contributed by atoms with Gasteiger partial charge in [0.1, 0.15) is 6.04 Å². The summed E-state index contributed by atoms with van der Waals surface area (Å²) in [6.07, 6.45) is 12.9. The predicted molar refractivity (Wildman–Crippen MR) is 112 cm³/mol. The molecule has 30 heavy (non-hydrogen) atoms. The molecule has 2 fully saturated rings. The molecule has 5 rings (SSSR count). The molecule has 1 atom stereocenters. The highest BCUT2D eigenvalue weighted by Gasteiger charge is 2.45. The first-order valence-electron chi connectivity index (χ1n) is 11.2. The lowest BCUT2D eigenvalue weighted by Gasteiger charge is -2.33. The van der Waals surface area contributed by atoms with Crippen LogP contribution in [-0.2, 0) is 17.6 Å². The second-order valence-electron chi connectivity index (χ2n) is 9.18. The van der Waals surface area contributed by atoms with Crippen LogP contribution in [0.3, 0.4) is 0 Å². The molecule has 2 aromatic rings. The summed E-state index contributed by atoms with van der Waals surface area (Å²) in [5.41, 5.74) is 3.43. The number of aryl methyl sites for hydroxylation is 2. The molecule has 0 aromatic carbocycles. The average molecular weight is 408 g/mol. The summed E-state index contributed by atoms with van der Waals surface area (Å²) in [4.78, 5) is 31.7. The maximum absolute atomic E-state index is 12.7. The van der Waals surface area contributed by atoms with Gasteiger partial charge in [0, 0.05) is 25.5 Å². The van der Waals surface area contributed by atoms with Crippen LogP contribution in [0, 0.1) is 5.41 Å². The molecular formula is C23H29N5O2. The molecule has 1 saturated heterocycles. The molecule has 7 nitrogen and oxygen atoms in total. The molecule has 1 aliphatic heterocycles. The summed E-state index contributed by atoms with van der Waals surface area (Å²) in [6, 6.07) is 3.01. The van der Waals surface area contributed by atoms with Crippen LogP contribution in [0.25, 0.3) is 5.82 Å². The van der Waals surface area contributed by atoms with Crippen molar-refractivity contribution in [2.24, 2.45) is 5.41 Å². The maximum atomic E-state index is 12.7. The fraction of sp³-hybridized carbons (Fsp3) is 0.565. The number of nitrogens with one attached hydrogen (secondary N) is 1. The van der Waals surface area contributed by atoms with E-state index in [-0.39, 0.29) is 11.8 Å². The van der Waals surface area contributed by atoms with Gasteiger partial charge in [0.2, 0.25) is 5.91 Å². The quantitative estimate of drug-likeness (QED) is 0.845. The zero-order chi connectivity index (χ0) is 20.7. The minimum absolute atomic E-state index is 0.00514. The summed E-state index contributed by atoms with van der Waals surface area (Å²) in [6.45, 7) is 3.38. The number of nitrogens with zero attached hydrogens (tertiary/aromatic N) is 4. The third kappa shape index (κ3) is 3.73. The van der Waals surface area contributed by atoms with E-state index in [9.17, 15) is 9.59 Å². The normalized spacial score (nSPS) is 20.5. The monoisotopic (exact) mass is 407 g/mol. The lowest BCUT2D eigenvalue weighted by Crippen LogP contribution is -2.49. The minimum Gasteiger partial charge on any atom is -0.341 e. The van der Waals surface area contributed by atoms with Crippen molar-refractivity contribution in [1.82, 2.24) is 25.0 Å². The van der Waals surface area contributed by atoms with Gasteiger partial charge < -0.3 is 10.2 Å². The lowest BCUT2D eigenvalue weighted by atomic mass is 9.93. The van der Waals surface area contributed by atoms with Gasteiger partial charge in [0.15, 0.2) is 5.82 Å². The number of carbonyl (C=O) groups is 2. The molecule has 3 heterocycles. The van der Waals surface area contributed by atoms with Crippen LogP contribution < -0.4 is 5.32 Å². The Morgan fingerprint density at radius 1 is 1.10 bits per heavy atom. The van der Waals surface area contributed by atoms with Crippen molar-refractivity contribution in [1.29, 1.82) is 0 Å². The fourth-order valence-corrected chi connectivity index (χ4v) is 4.74. The zero-order valence-corrected chi connectivity index (χ0v) is 17.6. The molecule has 1 saturated carbocycles. The summed E-state index contributed by atoms with van der Waals surface area (Å²) < 4.78 is 1.80. The summed E-state index contributed by atoms with van der Waals surface area (Å²) in [5.74, 6) is 0.434. The van der Waals surface area contributed by atoms with E-state index in [4.69, 9.17) is 0 Å². The fourth-order valence-electron chi connectivity index (χ4n) is 4.74. The van der Waals surface area contributed by atoms with Gasteiger partial charge in [0.05, 0.1) is 11.3 Å². The second kappa shape index (κ2) is 7.52. The van der Waals surface area contributed by atoms with Crippen LogP contribution in [0.5, 0.6) is 0 Å². The Morgan fingerprint density at radius 3 is 2.53 bits per heavy atom. The number of amides is 2. The molecule has 1 N–H and O–H groups in total. The van der Waals surface area contributed by atoms with Gasteiger partial charge in [-0.15, -0.1) is 0 Å². The first kappa shape index (κ1) is 19.3. The highest BCUT2D eigenvalue weighted by atomic mass is 16.2. The molecule has 0 radical (unpaired) electrons. The molecular weight excluding hydrogens is 378 g/mol. The summed E-state index contributed by atoms with van der Waals surface area (Å²) in [7, 11) is 0. The first-order chi connectivity index (χ1) is 14.5. The third-order valence-corrected chi connectivity index (χ3v) is 7.04. The van der Waals surface area contributed by atoms with Crippen LogP contribution in [0.4, 0.5) is 0 Å². The number of aromatic nitrogens is 3. The van der Waals surface area contributed by atoms with Crippen molar-refractivity contribution in [2.45, 2.75) is 64.3 Å². The Bertz CT molecular complexity index is 927. The molecule has 3 aliphatic rings. The molecule has 2 aromatic heterocycles. The molecule has 0 unspecified atom stereocenters. The Kier molecular flexibility index (Phi) is 4.83. The largest absolute Gasteiger partial charge is 0.341 e. The van der Waals surface area contributed by atoms with E-state index in [0.29, 0.717) is 16.8 Å². The van der Waals surface area contributed by atoms with Crippen molar-refractivity contribution in [3.05, 3.63) is 41.3 Å². The number of pyridine rings is 1. The Labute approximate surface area is 176 Å². The molecule has 1 spiro atoms. The Hall–Kier alpha value is -2.70. The number of carbonyl (C=O) groups excluding carboxylic acids is 2. The maximum Gasteiger partial charge on any atom is 0.253 e. The van der Waals surface area contributed by atoms with E-state index in [2.05, 4.69) is 15.4 Å².